The largest absolute Gasteiger partial charge is 0.456 e. The van der Waals surface area contributed by atoms with Gasteiger partial charge in [0.25, 0.3) is 5.91 Å². The first-order valence-corrected chi connectivity index (χ1v) is 8.77. The van der Waals surface area contributed by atoms with Crippen LogP contribution in [0.4, 0.5) is 0 Å². The second kappa shape index (κ2) is 8.01. The lowest BCUT2D eigenvalue weighted by atomic mass is 9.81. The number of hydrogen-bond acceptors (Lipinski definition) is 5. The van der Waals surface area contributed by atoms with Crippen LogP contribution >= 0.6 is 0 Å². The molecule has 7 nitrogen and oxygen atoms in total. The van der Waals surface area contributed by atoms with Gasteiger partial charge in [0, 0.05) is 39.1 Å². The molecule has 3 rings (SSSR count). The summed E-state index contributed by atoms with van der Waals surface area (Å²) in [5.74, 6) is 1.76. The van der Waals surface area contributed by atoms with Crippen LogP contribution in [-0.2, 0) is 14.3 Å². The number of ether oxygens (including phenoxy) is 2. The Bertz CT molecular complexity index is 614. The minimum atomic E-state index is -0.0780. The number of carbonyl (C=O) groups excluding carboxylic acids is 2. The SMILES string of the molecule is COCCNC(=O)C[C@H]1COC[C@@H]2CN(C(=O)c3ccc(C)o3)C[C@H]12. The topological polar surface area (TPSA) is 81.0 Å². The third kappa shape index (κ3) is 4.22. The van der Waals surface area contributed by atoms with Gasteiger partial charge in [-0.25, -0.2) is 0 Å². The van der Waals surface area contributed by atoms with Gasteiger partial charge in [0.2, 0.25) is 5.91 Å². The van der Waals surface area contributed by atoms with Crippen molar-refractivity contribution in [1.29, 1.82) is 0 Å². The lowest BCUT2D eigenvalue weighted by molar-refractivity contribution is -0.124. The maximum atomic E-state index is 12.6. The molecule has 2 amide bonds. The highest BCUT2D eigenvalue weighted by molar-refractivity contribution is 5.91. The van der Waals surface area contributed by atoms with E-state index >= 15 is 0 Å². The number of methoxy groups -OCH3 is 1. The van der Waals surface area contributed by atoms with E-state index < -0.39 is 0 Å². The molecule has 2 aliphatic rings. The lowest BCUT2D eigenvalue weighted by Gasteiger charge is -2.32. The molecule has 2 fully saturated rings. The number of rotatable bonds is 6. The number of aryl methyl sites for hydroxylation is 1. The molecule has 2 saturated heterocycles. The standard InChI is InChI=1S/C18H26N2O5/c1-12-3-4-16(25-12)18(22)20-8-14-11-24-10-13(15(14)9-20)7-17(21)19-5-6-23-2/h3-4,13-15H,5-11H2,1-2H3,(H,19,21)/t13-,14-,15+/m0/s1. The minimum absolute atomic E-state index is 0.0118. The molecule has 0 bridgehead atoms. The molecule has 1 aromatic heterocycles. The fourth-order valence-corrected chi connectivity index (χ4v) is 3.79. The maximum absolute atomic E-state index is 12.6. The van der Waals surface area contributed by atoms with Crippen LogP contribution in [0.2, 0.25) is 0 Å². The number of furan rings is 1. The molecular weight excluding hydrogens is 324 g/mol. The molecule has 0 unspecified atom stereocenters. The Kier molecular flexibility index (Phi) is 5.75. The Labute approximate surface area is 147 Å². The number of nitrogens with zero attached hydrogens (tertiary/aromatic N) is 1. The Hall–Kier alpha value is -1.86. The average Bonchev–Trinajstić information content (AvgIpc) is 3.21. The summed E-state index contributed by atoms with van der Waals surface area (Å²) in [6.07, 6.45) is 0.423. The third-order valence-electron chi connectivity index (χ3n) is 5.08. The van der Waals surface area contributed by atoms with Crippen LogP contribution < -0.4 is 5.32 Å². The highest BCUT2D eigenvalue weighted by Crippen LogP contribution is 2.36. The summed E-state index contributed by atoms with van der Waals surface area (Å²) in [7, 11) is 1.61. The number of likely N-dealkylation sites (tertiary alicyclic amines) is 1. The molecule has 2 aliphatic heterocycles. The molecule has 138 valence electrons. The summed E-state index contributed by atoms with van der Waals surface area (Å²) in [6.45, 7) is 5.37. The van der Waals surface area contributed by atoms with Crippen molar-refractivity contribution >= 4 is 11.8 Å². The number of amides is 2. The van der Waals surface area contributed by atoms with Crippen molar-refractivity contribution in [2.75, 3.05) is 46.6 Å². The van der Waals surface area contributed by atoms with Gasteiger partial charge in [0.1, 0.15) is 5.76 Å². The summed E-state index contributed by atoms with van der Waals surface area (Å²) in [5, 5.41) is 2.86. The van der Waals surface area contributed by atoms with Crippen LogP contribution in [0, 0.1) is 24.7 Å². The molecule has 3 heterocycles. The fourth-order valence-electron chi connectivity index (χ4n) is 3.79. The summed E-state index contributed by atoms with van der Waals surface area (Å²) in [4.78, 5) is 26.5. The predicted octanol–water partition coefficient (Wildman–Crippen LogP) is 1.08. The van der Waals surface area contributed by atoms with E-state index in [2.05, 4.69) is 5.32 Å². The van der Waals surface area contributed by atoms with E-state index in [9.17, 15) is 9.59 Å². The summed E-state index contributed by atoms with van der Waals surface area (Å²) in [6, 6.07) is 3.52. The van der Waals surface area contributed by atoms with Crippen LogP contribution in [0.3, 0.4) is 0 Å². The van der Waals surface area contributed by atoms with Gasteiger partial charge in [-0.15, -0.1) is 0 Å². The van der Waals surface area contributed by atoms with Gasteiger partial charge in [-0.3, -0.25) is 9.59 Å². The Morgan fingerprint density at radius 1 is 1.32 bits per heavy atom. The fraction of sp³-hybridized carbons (Fsp3) is 0.667. The predicted molar refractivity (Wildman–Crippen MR) is 90.1 cm³/mol. The van der Waals surface area contributed by atoms with Crippen molar-refractivity contribution in [2.45, 2.75) is 13.3 Å². The Morgan fingerprint density at radius 2 is 2.16 bits per heavy atom. The number of carbonyl (C=O) groups is 2. The van der Waals surface area contributed by atoms with E-state index in [1.807, 2.05) is 11.8 Å². The van der Waals surface area contributed by atoms with Crippen molar-refractivity contribution in [1.82, 2.24) is 10.2 Å². The van der Waals surface area contributed by atoms with Crippen LogP contribution in [0.1, 0.15) is 22.7 Å². The molecule has 0 radical (unpaired) electrons. The molecule has 1 N–H and O–H groups in total. The highest BCUT2D eigenvalue weighted by Gasteiger charge is 2.43. The molecular formula is C18H26N2O5. The van der Waals surface area contributed by atoms with Gasteiger partial charge in [-0.05, 0) is 30.9 Å². The monoisotopic (exact) mass is 350 g/mol. The van der Waals surface area contributed by atoms with Crippen molar-refractivity contribution < 1.29 is 23.5 Å². The minimum Gasteiger partial charge on any atom is -0.456 e. The molecule has 0 spiro atoms. The second-order valence-electron chi connectivity index (χ2n) is 6.89. The summed E-state index contributed by atoms with van der Waals surface area (Å²) >= 11 is 0. The van der Waals surface area contributed by atoms with Gasteiger partial charge in [-0.2, -0.15) is 0 Å². The molecule has 7 heteroatoms. The molecule has 25 heavy (non-hydrogen) atoms. The Balaban J connectivity index is 1.58. The van der Waals surface area contributed by atoms with E-state index in [-0.39, 0.29) is 23.7 Å². The second-order valence-corrected chi connectivity index (χ2v) is 6.89. The van der Waals surface area contributed by atoms with Gasteiger partial charge in [0.15, 0.2) is 5.76 Å². The average molecular weight is 350 g/mol. The first kappa shape index (κ1) is 17.9. The van der Waals surface area contributed by atoms with E-state index in [4.69, 9.17) is 13.9 Å². The molecule has 0 aliphatic carbocycles. The van der Waals surface area contributed by atoms with Gasteiger partial charge >= 0.3 is 0 Å². The number of fused-ring (bicyclic) bond motifs is 1. The molecule has 0 aromatic carbocycles. The lowest BCUT2D eigenvalue weighted by Crippen LogP contribution is -2.38. The molecule has 1 aromatic rings. The van der Waals surface area contributed by atoms with Crippen LogP contribution in [-0.4, -0.2) is 63.3 Å². The van der Waals surface area contributed by atoms with Gasteiger partial charge in [-0.1, -0.05) is 0 Å². The third-order valence-corrected chi connectivity index (χ3v) is 5.08. The summed E-state index contributed by atoms with van der Waals surface area (Å²) < 4.78 is 16.1. The van der Waals surface area contributed by atoms with Crippen molar-refractivity contribution in [2.24, 2.45) is 17.8 Å². The highest BCUT2D eigenvalue weighted by atomic mass is 16.5. The zero-order valence-corrected chi connectivity index (χ0v) is 14.8. The van der Waals surface area contributed by atoms with Crippen LogP contribution in [0.25, 0.3) is 0 Å². The van der Waals surface area contributed by atoms with Crippen molar-refractivity contribution in [3.8, 4) is 0 Å². The number of nitrogens with one attached hydrogen (secondary N) is 1. The van der Waals surface area contributed by atoms with Crippen LogP contribution in [0.5, 0.6) is 0 Å². The maximum Gasteiger partial charge on any atom is 0.289 e. The Morgan fingerprint density at radius 3 is 2.88 bits per heavy atom. The quantitative estimate of drug-likeness (QED) is 0.777. The van der Waals surface area contributed by atoms with Crippen molar-refractivity contribution in [3.05, 3.63) is 23.7 Å². The van der Waals surface area contributed by atoms with Crippen molar-refractivity contribution in [3.63, 3.8) is 0 Å². The van der Waals surface area contributed by atoms with E-state index in [0.717, 1.165) is 5.76 Å². The first-order chi connectivity index (χ1) is 12.1. The van der Waals surface area contributed by atoms with E-state index in [0.29, 0.717) is 57.6 Å². The van der Waals surface area contributed by atoms with Gasteiger partial charge in [0.05, 0.1) is 19.8 Å². The molecule has 3 atom stereocenters. The summed E-state index contributed by atoms with van der Waals surface area (Å²) in [5.41, 5.74) is 0. The smallest absolute Gasteiger partial charge is 0.289 e. The van der Waals surface area contributed by atoms with Crippen LogP contribution in [0.15, 0.2) is 16.5 Å². The number of hydrogen-bond donors (Lipinski definition) is 1. The van der Waals surface area contributed by atoms with E-state index in [1.165, 1.54) is 0 Å². The molecule has 0 saturated carbocycles. The normalized spacial score (nSPS) is 25.7. The van der Waals surface area contributed by atoms with Gasteiger partial charge < -0.3 is 24.1 Å². The zero-order chi connectivity index (χ0) is 17.8. The zero-order valence-electron chi connectivity index (χ0n) is 14.8. The first-order valence-electron chi connectivity index (χ1n) is 8.77. The van der Waals surface area contributed by atoms with E-state index in [1.54, 1.807) is 19.2 Å².